The SMILES string of the molecule is Cc1c(COc2cc(OCCCCF)c(CN3CCCC[C@H]3CO)c3c2CCC3)cccc1-c1ccccc1. The zero-order valence-electron chi connectivity index (χ0n) is 23.3. The third kappa shape index (κ3) is 6.47. The molecule has 0 spiro atoms. The highest BCUT2D eigenvalue weighted by Crippen LogP contribution is 2.41. The molecule has 2 aliphatic rings. The highest BCUT2D eigenvalue weighted by Gasteiger charge is 2.28. The maximum absolute atomic E-state index is 12.8. The van der Waals surface area contributed by atoms with Crippen LogP contribution in [0.2, 0.25) is 0 Å². The van der Waals surface area contributed by atoms with Crippen LogP contribution in [0.3, 0.4) is 0 Å². The summed E-state index contributed by atoms with van der Waals surface area (Å²) in [5.41, 5.74) is 8.74. The zero-order chi connectivity index (χ0) is 27.0. The maximum Gasteiger partial charge on any atom is 0.127 e. The number of halogens is 1. The van der Waals surface area contributed by atoms with Crippen molar-refractivity contribution in [1.29, 1.82) is 0 Å². The average Bonchev–Trinajstić information content (AvgIpc) is 3.47. The zero-order valence-corrected chi connectivity index (χ0v) is 23.3. The molecule has 208 valence electrons. The quantitative estimate of drug-likeness (QED) is 0.251. The fourth-order valence-corrected chi connectivity index (χ4v) is 6.20. The summed E-state index contributed by atoms with van der Waals surface area (Å²) < 4.78 is 25.7. The molecule has 0 unspecified atom stereocenters. The second-order valence-electron chi connectivity index (χ2n) is 11.0. The van der Waals surface area contributed by atoms with Crippen molar-refractivity contribution in [2.75, 3.05) is 26.4 Å². The number of hydrogen-bond acceptors (Lipinski definition) is 4. The third-order valence-electron chi connectivity index (χ3n) is 8.46. The highest BCUT2D eigenvalue weighted by molar-refractivity contribution is 5.68. The summed E-state index contributed by atoms with van der Waals surface area (Å²) in [5, 5.41) is 10.0. The molecule has 5 rings (SSSR count). The van der Waals surface area contributed by atoms with Gasteiger partial charge < -0.3 is 14.6 Å². The molecule has 1 N–H and O–H groups in total. The summed E-state index contributed by atoms with van der Waals surface area (Å²) in [7, 11) is 0. The number of aliphatic hydroxyl groups excluding tert-OH is 1. The van der Waals surface area contributed by atoms with Gasteiger partial charge in [0.05, 0.1) is 19.9 Å². The molecule has 4 nitrogen and oxygen atoms in total. The van der Waals surface area contributed by atoms with E-state index in [0.717, 1.165) is 56.7 Å². The van der Waals surface area contributed by atoms with Crippen molar-refractivity contribution in [3.8, 4) is 22.6 Å². The Morgan fingerprint density at radius 2 is 1.77 bits per heavy atom. The molecule has 3 aromatic rings. The summed E-state index contributed by atoms with van der Waals surface area (Å²) in [5.74, 6) is 1.77. The predicted octanol–water partition coefficient (Wildman–Crippen LogP) is 7.21. The molecule has 0 saturated carbocycles. The molecule has 0 amide bonds. The van der Waals surface area contributed by atoms with E-state index in [4.69, 9.17) is 9.47 Å². The van der Waals surface area contributed by atoms with Crippen LogP contribution in [-0.4, -0.2) is 42.5 Å². The van der Waals surface area contributed by atoms with Crippen LogP contribution in [0.1, 0.15) is 66.3 Å². The van der Waals surface area contributed by atoms with Gasteiger partial charge in [0.25, 0.3) is 0 Å². The van der Waals surface area contributed by atoms with Crippen LogP contribution >= 0.6 is 0 Å². The Kier molecular flexibility index (Phi) is 9.54. The number of benzene rings is 3. The molecule has 1 aliphatic carbocycles. The van der Waals surface area contributed by atoms with Gasteiger partial charge in [-0.1, -0.05) is 55.0 Å². The standard InChI is InChI=1S/C34H42FNO3/c1-25-27(13-9-15-29(25)26-11-3-2-4-12-26)24-39-33-21-34(38-20-8-6-18-35)32(30-16-10-17-31(30)33)22-36-19-7-5-14-28(36)23-37/h2-4,9,11-13,15,21,28,37H,5-8,10,14,16-20,22-24H2,1H3/t28-/m0/s1. The number of piperidine rings is 1. The topological polar surface area (TPSA) is 41.9 Å². The number of unbranched alkanes of at least 4 members (excludes halogenated alkanes) is 1. The van der Waals surface area contributed by atoms with E-state index in [2.05, 4.69) is 60.4 Å². The molecular weight excluding hydrogens is 489 g/mol. The van der Waals surface area contributed by atoms with E-state index >= 15 is 0 Å². The van der Waals surface area contributed by atoms with E-state index < -0.39 is 0 Å². The smallest absolute Gasteiger partial charge is 0.127 e. The number of fused-ring (bicyclic) bond motifs is 1. The molecule has 39 heavy (non-hydrogen) atoms. The summed E-state index contributed by atoms with van der Waals surface area (Å²) in [6.07, 6.45) is 7.70. The summed E-state index contributed by atoms with van der Waals surface area (Å²) in [4.78, 5) is 2.42. The van der Waals surface area contributed by atoms with Crippen molar-refractivity contribution in [3.63, 3.8) is 0 Å². The lowest BCUT2D eigenvalue weighted by Gasteiger charge is -2.35. The second-order valence-corrected chi connectivity index (χ2v) is 11.0. The number of aliphatic hydroxyl groups is 1. The number of hydrogen-bond donors (Lipinski definition) is 1. The first-order valence-corrected chi connectivity index (χ1v) is 14.7. The van der Waals surface area contributed by atoms with Crippen LogP contribution in [0, 0.1) is 6.92 Å². The molecule has 0 aromatic heterocycles. The van der Waals surface area contributed by atoms with Gasteiger partial charge >= 0.3 is 0 Å². The van der Waals surface area contributed by atoms with Gasteiger partial charge in [0, 0.05) is 24.2 Å². The van der Waals surface area contributed by atoms with Crippen LogP contribution in [0.25, 0.3) is 11.1 Å². The molecule has 0 radical (unpaired) electrons. The Morgan fingerprint density at radius 1 is 0.923 bits per heavy atom. The molecule has 1 aliphatic heterocycles. The summed E-state index contributed by atoms with van der Waals surface area (Å²) in [6, 6.07) is 19.2. The molecule has 5 heteroatoms. The lowest BCUT2D eigenvalue weighted by Crippen LogP contribution is -2.41. The van der Waals surface area contributed by atoms with E-state index in [-0.39, 0.29) is 19.3 Å². The van der Waals surface area contributed by atoms with Gasteiger partial charge in [0.1, 0.15) is 18.1 Å². The largest absolute Gasteiger partial charge is 0.493 e. The Bertz CT molecular complexity index is 1230. The lowest BCUT2D eigenvalue weighted by atomic mass is 9.96. The lowest BCUT2D eigenvalue weighted by molar-refractivity contribution is 0.0829. The van der Waals surface area contributed by atoms with Crippen molar-refractivity contribution < 1.29 is 19.0 Å². The number of ether oxygens (including phenoxy) is 2. The Morgan fingerprint density at radius 3 is 2.59 bits per heavy atom. The van der Waals surface area contributed by atoms with Crippen molar-refractivity contribution in [2.45, 2.75) is 77.5 Å². The first-order chi connectivity index (χ1) is 19.2. The predicted molar refractivity (Wildman–Crippen MR) is 155 cm³/mol. The van der Waals surface area contributed by atoms with E-state index in [1.54, 1.807) is 0 Å². The number of nitrogens with zero attached hydrogens (tertiary/aromatic N) is 1. The monoisotopic (exact) mass is 531 g/mol. The van der Waals surface area contributed by atoms with Crippen LogP contribution in [0.4, 0.5) is 4.39 Å². The van der Waals surface area contributed by atoms with Crippen molar-refractivity contribution in [2.24, 2.45) is 0 Å². The molecule has 3 aromatic carbocycles. The van der Waals surface area contributed by atoms with E-state index in [9.17, 15) is 9.50 Å². The maximum atomic E-state index is 12.8. The first kappa shape index (κ1) is 27.7. The summed E-state index contributed by atoms with van der Waals surface area (Å²) in [6.45, 7) is 4.82. The molecule has 0 bridgehead atoms. The minimum Gasteiger partial charge on any atom is -0.493 e. The Hall–Kier alpha value is -2.89. The Labute approximate surface area is 232 Å². The Balaban J connectivity index is 1.42. The first-order valence-electron chi connectivity index (χ1n) is 14.7. The van der Waals surface area contributed by atoms with E-state index in [1.165, 1.54) is 45.4 Å². The van der Waals surface area contributed by atoms with Crippen LogP contribution in [0.15, 0.2) is 54.6 Å². The van der Waals surface area contributed by atoms with Crippen molar-refractivity contribution in [1.82, 2.24) is 4.90 Å². The van der Waals surface area contributed by atoms with Gasteiger partial charge in [-0.25, -0.2) is 0 Å². The van der Waals surface area contributed by atoms with Gasteiger partial charge in [-0.2, -0.15) is 0 Å². The van der Waals surface area contributed by atoms with Gasteiger partial charge in [-0.15, -0.1) is 0 Å². The normalized spacial score (nSPS) is 17.3. The van der Waals surface area contributed by atoms with Crippen LogP contribution < -0.4 is 9.47 Å². The minimum absolute atomic E-state index is 0.192. The molecule has 1 heterocycles. The van der Waals surface area contributed by atoms with Crippen LogP contribution in [0.5, 0.6) is 11.5 Å². The fraction of sp³-hybridized carbons (Fsp3) is 0.471. The number of alkyl halides is 1. The van der Waals surface area contributed by atoms with Gasteiger partial charge in [0.2, 0.25) is 0 Å². The van der Waals surface area contributed by atoms with Crippen LogP contribution in [-0.2, 0) is 26.0 Å². The number of rotatable bonds is 12. The van der Waals surface area contributed by atoms with Gasteiger partial charge in [-0.05, 0) is 91.8 Å². The molecular formula is C34H42FNO3. The van der Waals surface area contributed by atoms with Crippen molar-refractivity contribution in [3.05, 3.63) is 82.4 Å². The van der Waals surface area contributed by atoms with Crippen molar-refractivity contribution >= 4 is 0 Å². The molecule has 1 saturated heterocycles. The second kappa shape index (κ2) is 13.5. The summed E-state index contributed by atoms with van der Waals surface area (Å²) >= 11 is 0. The van der Waals surface area contributed by atoms with E-state index in [0.29, 0.717) is 26.1 Å². The fourth-order valence-electron chi connectivity index (χ4n) is 6.20. The molecule has 1 atom stereocenters. The molecule has 1 fully saturated rings. The average molecular weight is 532 g/mol. The number of likely N-dealkylation sites (tertiary alicyclic amines) is 1. The third-order valence-corrected chi connectivity index (χ3v) is 8.46. The van der Waals surface area contributed by atoms with E-state index in [1.807, 2.05) is 6.07 Å². The highest BCUT2D eigenvalue weighted by atomic mass is 19.1. The van der Waals surface area contributed by atoms with Gasteiger partial charge in [0.15, 0.2) is 0 Å². The minimum atomic E-state index is -0.317. The van der Waals surface area contributed by atoms with Gasteiger partial charge in [-0.3, -0.25) is 9.29 Å².